The summed E-state index contributed by atoms with van der Waals surface area (Å²) in [5.41, 5.74) is 0.849. The van der Waals surface area contributed by atoms with Gasteiger partial charge in [-0.2, -0.15) is 0 Å². The number of ether oxygens (including phenoxy) is 1. The summed E-state index contributed by atoms with van der Waals surface area (Å²) in [7, 11) is -2.24. The molecule has 0 saturated carbocycles. The number of methoxy groups -OCH3 is 1. The number of anilines is 2. The fraction of sp³-hybridized carbons (Fsp3) is 0.0476. The lowest BCUT2D eigenvalue weighted by Crippen LogP contribution is -2.14. The number of hydrogen-bond acceptors (Lipinski definition) is 6. The molecule has 0 fully saturated rings. The van der Waals surface area contributed by atoms with Crippen molar-refractivity contribution in [2.75, 3.05) is 17.1 Å². The number of carbonyl (C=O) groups is 1. The van der Waals surface area contributed by atoms with Crippen molar-refractivity contribution in [3.05, 3.63) is 77.8 Å². The number of thiazole rings is 1. The molecule has 4 rings (SSSR count). The maximum atomic E-state index is 12.8. The Morgan fingerprint density at radius 2 is 1.73 bits per heavy atom. The number of nitrogens with one attached hydrogen (secondary N) is 2. The molecule has 7 nitrogen and oxygen atoms in total. The minimum atomic E-state index is -3.75. The van der Waals surface area contributed by atoms with E-state index in [1.807, 2.05) is 30.3 Å². The first-order valence-electron chi connectivity index (χ1n) is 8.87. The van der Waals surface area contributed by atoms with Crippen LogP contribution in [0.4, 0.5) is 10.8 Å². The molecule has 30 heavy (non-hydrogen) atoms. The lowest BCUT2D eigenvalue weighted by atomic mass is 10.1. The van der Waals surface area contributed by atoms with Crippen LogP contribution in [0.3, 0.4) is 0 Å². The molecule has 9 heteroatoms. The highest BCUT2D eigenvalue weighted by Crippen LogP contribution is 2.27. The normalized spacial score (nSPS) is 11.2. The number of aromatic nitrogens is 1. The minimum Gasteiger partial charge on any atom is -0.496 e. The zero-order chi connectivity index (χ0) is 21.1. The van der Waals surface area contributed by atoms with E-state index in [4.69, 9.17) is 4.74 Å². The van der Waals surface area contributed by atoms with Crippen molar-refractivity contribution < 1.29 is 17.9 Å². The molecule has 3 aromatic carbocycles. The van der Waals surface area contributed by atoms with Crippen molar-refractivity contribution in [3.8, 4) is 5.75 Å². The van der Waals surface area contributed by atoms with Gasteiger partial charge in [0.25, 0.3) is 15.9 Å². The third-order valence-corrected chi connectivity index (χ3v) is 6.56. The molecule has 0 atom stereocenters. The van der Waals surface area contributed by atoms with Crippen LogP contribution in [0.1, 0.15) is 10.4 Å². The fourth-order valence-corrected chi connectivity index (χ4v) is 4.72. The summed E-state index contributed by atoms with van der Waals surface area (Å²) < 4.78 is 32.6. The molecule has 1 aromatic heterocycles. The van der Waals surface area contributed by atoms with Crippen LogP contribution in [0.5, 0.6) is 5.75 Å². The maximum absolute atomic E-state index is 12.8. The van der Waals surface area contributed by atoms with Gasteiger partial charge in [0.1, 0.15) is 5.75 Å². The summed E-state index contributed by atoms with van der Waals surface area (Å²) in [4.78, 5) is 16.8. The van der Waals surface area contributed by atoms with Gasteiger partial charge in [-0.1, -0.05) is 24.3 Å². The second-order valence-corrected chi connectivity index (χ2v) is 8.90. The van der Waals surface area contributed by atoms with Gasteiger partial charge in [-0.15, -0.1) is 11.3 Å². The molecule has 152 valence electrons. The van der Waals surface area contributed by atoms with Crippen molar-refractivity contribution in [2.24, 2.45) is 0 Å². The smallest absolute Gasteiger partial charge is 0.263 e. The van der Waals surface area contributed by atoms with Gasteiger partial charge in [0.05, 0.1) is 17.6 Å². The third-order valence-electron chi connectivity index (χ3n) is 4.39. The Morgan fingerprint density at radius 3 is 2.37 bits per heavy atom. The summed E-state index contributed by atoms with van der Waals surface area (Å²) >= 11 is 1.19. The number of nitrogens with zero attached hydrogens (tertiary/aromatic N) is 1. The van der Waals surface area contributed by atoms with Crippen LogP contribution in [0.15, 0.2) is 77.1 Å². The highest BCUT2D eigenvalue weighted by Gasteiger charge is 2.17. The summed E-state index contributed by atoms with van der Waals surface area (Å²) in [5.74, 6) is 0.104. The van der Waals surface area contributed by atoms with Crippen molar-refractivity contribution in [3.63, 3.8) is 0 Å². The van der Waals surface area contributed by atoms with Gasteiger partial charge in [-0.05, 0) is 47.2 Å². The first kappa shape index (κ1) is 19.9. The summed E-state index contributed by atoms with van der Waals surface area (Å²) in [6, 6.07) is 17.1. The summed E-state index contributed by atoms with van der Waals surface area (Å²) in [5, 5.41) is 6.62. The quantitative estimate of drug-likeness (QED) is 0.465. The Morgan fingerprint density at radius 1 is 1.03 bits per heavy atom. The maximum Gasteiger partial charge on any atom is 0.263 e. The van der Waals surface area contributed by atoms with Crippen LogP contribution in [0.2, 0.25) is 0 Å². The Kier molecular flexibility index (Phi) is 5.39. The van der Waals surface area contributed by atoms with E-state index >= 15 is 0 Å². The van der Waals surface area contributed by atoms with E-state index in [-0.39, 0.29) is 15.9 Å². The molecular weight excluding hydrogens is 422 g/mol. The van der Waals surface area contributed by atoms with Crippen LogP contribution < -0.4 is 14.8 Å². The topological polar surface area (TPSA) is 97.4 Å². The van der Waals surface area contributed by atoms with Crippen LogP contribution in [-0.4, -0.2) is 26.4 Å². The molecule has 1 heterocycles. The van der Waals surface area contributed by atoms with Crippen molar-refractivity contribution in [1.82, 2.24) is 4.98 Å². The second-order valence-electron chi connectivity index (χ2n) is 6.32. The molecule has 0 spiro atoms. The average Bonchev–Trinajstić information content (AvgIpc) is 3.25. The molecule has 0 unspecified atom stereocenters. The molecule has 0 bridgehead atoms. The van der Waals surface area contributed by atoms with E-state index in [0.29, 0.717) is 17.0 Å². The predicted molar refractivity (Wildman–Crippen MR) is 118 cm³/mol. The molecule has 0 radical (unpaired) electrons. The van der Waals surface area contributed by atoms with Gasteiger partial charge >= 0.3 is 0 Å². The first-order valence-corrected chi connectivity index (χ1v) is 11.2. The highest BCUT2D eigenvalue weighted by molar-refractivity contribution is 7.93. The minimum absolute atomic E-state index is 0.0685. The largest absolute Gasteiger partial charge is 0.496 e. The van der Waals surface area contributed by atoms with E-state index in [2.05, 4.69) is 15.0 Å². The summed E-state index contributed by atoms with van der Waals surface area (Å²) in [6.45, 7) is 0. The molecule has 0 aliphatic heterocycles. The number of hydrogen-bond donors (Lipinski definition) is 2. The average molecular weight is 440 g/mol. The van der Waals surface area contributed by atoms with Gasteiger partial charge in [0.15, 0.2) is 5.13 Å². The van der Waals surface area contributed by atoms with E-state index in [1.165, 1.54) is 48.9 Å². The van der Waals surface area contributed by atoms with Crippen LogP contribution in [0.25, 0.3) is 10.8 Å². The van der Waals surface area contributed by atoms with Crippen LogP contribution in [-0.2, 0) is 10.0 Å². The molecular formula is C21H17N3O4S2. The van der Waals surface area contributed by atoms with Crippen molar-refractivity contribution in [1.29, 1.82) is 0 Å². The number of rotatable bonds is 6. The number of carbonyl (C=O) groups excluding carboxylic acids is 1. The first-order chi connectivity index (χ1) is 14.5. The van der Waals surface area contributed by atoms with E-state index in [1.54, 1.807) is 11.4 Å². The van der Waals surface area contributed by atoms with Crippen molar-refractivity contribution >= 4 is 48.9 Å². The Bertz CT molecular complexity index is 1300. The van der Waals surface area contributed by atoms with Gasteiger partial charge in [-0.3, -0.25) is 9.52 Å². The van der Waals surface area contributed by atoms with Crippen LogP contribution >= 0.6 is 11.3 Å². The molecule has 2 N–H and O–H groups in total. The van der Waals surface area contributed by atoms with E-state index in [0.717, 1.165) is 10.8 Å². The predicted octanol–water partition coefficient (Wildman–Crippen LogP) is 4.36. The Labute approximate surface area is 177 Å². The molecule has 1 amide bonds. The van der Waals surface area contributed by atoms with Gasteiger partial charge in [0, 0.05) is 17.3 Å². The SMILES string of the molecule is COc1cc2ccccc2cc1C(=O)Nc1ccc(S(=O)(=O)Nc2nccs2)cc1. The van der Waals surface area contributed by atoms with Crippen LogP contribution in [0, 0.1) is 0 Å². The number of amides is 1. The van der Waals surface area contributed by atoms with Gasteiger partial charge in [-0.25, -0.2) is 13.4 Å². The lowest BCUT2D eigenvalue weighted by Gasteiger charge is -2.12. The third kappa shape index (κ3) is 4.12. The van der Waals surface area contributed by atoms with Gasteiger partial charge in [0.2, 0.25) is 0 Å². The van der Waals surface area contributed by atoms with E-state index < -0.39 is 10.0 Å². The highest BCUT2D eigenvalue weighted by atomic mass is 32.2. The fourth-order valence-electron chi connectivity index (χ4n) is 2.93. The zero-order valence-electron chi connectivity index (χ0n) is 15.8. The van der Waals surface area contributed by atoms with Gasteiger partial charge < -0.3 is 10.1 Å². The zero-order valence-corrected chi connectivity index (χ0v) is 17.5. The number of benzene rings is 3. The molecule has 4 aromatic rings. The lowest BCUT2D eigenvalue weighted by molar-refractivity contribution is 0.102. The monoisotopic (exact) mass is 439 g/mol. The Balaban J connectivity index is 1.55. The number of sulfonamides is 1. The second kappa shape index (κ2) is 8.13. The molecule has 0 aliphatic rings. The van der Waals surface area contributed by atoms with Crippen molar-refractivity contribution in [2.45, 2.75) is 4.90 Å². The number of fused-ring (bicyclic) bond motifs is 1. The van der Waals surface area contributed by atoms with E-state index in [9.17, 15) is 13.2 Å². The molecule has 0 saturated heterocycles. The Hall–Kier alpha value is -3.43. The summed E-state index contributed by atoms with van der Waals surface area (Å²) in [6.07, 6.45) is 1.52. The standard InChI is InChI=1S/C21H17N3O4S2/c1-28-19-13-15-5-3-2-4-14(15)12-18(19)20(25)23-16-6-8-17(9-7-16)30(26,27)24-21-22-10-11-29-21/h2-13H,1H3,(H,22,24)(H,23,25). The molecule has 0 aliphatic carbocycles.